The molecule has 0 saturated carbocycles. The van der Waals surface area contributed by atoms with Gasteiger partial charge in [0.05, 0.1) is 23.6 Å². The molecule has 6 heteroatoms. The molecule has 6 nitrogen and oxygen atoms in total. The number of aliphatic hydroxyl groups excluding tert-OH is 1. The van der Waals surface area contributed by atoms with Crippen LogP contribution in [0.4, 0.5) is 0 Å². The maximum Gasteiger partial charge on any atom is 0.251 e. The van der Waals surface area contributed by atoms with Gasteiger partial charge in [0.1, 0.15) is 24.3 Å². The SMILES string of the molecule is Cc1ccc(C)c(OCC(O)Cn2c(C(C)NC(=O)c3ccccc3)nc3ccccc32)c1. The number of nitrogens with one attached hydrogen (secondary N) is 1. The minimum Gasteiger partial charge on any atom is -0.491 e. The second kappa shape index (κ2) is 9.88. The first-order valence-electron chi connectivity index (χ1n) is 11.1. The predicted octanol–water partition coefficient (Wildman–Crippen LogP) is 4.58. The monoisotopic (exact) mass is 443 g/mol. The fraction of sp³-hybridized carbons (Fsp3) is 0.259. The van der Waals surface area contributed by atoms with Gasteiger partial charge in [-0.1, -0.05) is 42.5 Å². The number of benzene rings is 3. The lowest BCUT2D eigenvalue weighted by Crippen LogP contribution is -2.31. The lowest BCUT2D eigenvalue weighted by molar-refractivity contribution is 0.0904. The number of aryl methyl sites for hydroxylation is 2. The lowest BCUT2D eigenvalue weighted by atomic mass is 10.1. The average Bonchev–Trinajstić information content (AvgIpc) is 3.18. The summed E-state index contributed by atoms with van der Waals surface area (Å²) in [4.78, 5) is 17.4. The minimum absolute atomic E-state index is 0.154. The van der Waals surface area contributed by atoms with Gasteiger partial charge in [-0.2, -0.15) is 0 Å². The second-order valence-electron chi connectivity index (χ2n) is 8.36. The van der Waals surface area contributed by atoms with E-state index in [4.69, 9.17) is 9.72 Å². The van der Waals surface area contributed by atoms with Crippen molar-refractivity contribution in [3.8, 4) is 5.75 Å². The van der Waals surface area contributed by atoms with Crippen LogP contribution in [0.2, 0.25) is 0 Å². The minimum atomic E-state index is -0.752. The predicted molar refractivity (Wildman–Crippen MR) is 129 cm³/mol. The van der Waals surface area contributed by atoms with Gasteiger partial charge < -0.3 is 19.7 Å². The van der Waals surface area contributed by atoms with Crippen LogP contribution >= 0.6 is 0 Å². The van der Waals surface area contributed by atoms with Crippen LogP contribution in [0.3, 0.4) is 0 Å². The first kappa shape index (κ1) is 22.6. The molecule has 1 aromatic heterocycles. The van der Waals surface area contributed by atoms with E-state index in [9.17, 15) is 9.90 Å². The molecule has 0 saturated heterocycles. The zero-order valence-electron chi connectivity index (χ0n) is 19.2. The molecular weight excluding hydrogens is 414 g/mol. The normalized spacial score (nSPS) is 13.0. The van der Waals surface area contributed by atoms with E-state index < -0.39 is 6.10 Å². The van der Waals surface area contributed by atoms with Gasteiger partial charge in [0.15, 0.2) is 0 Å². The zero-order chi connectivity index (χ0) is 23.4. The van der Waals surface area contributed by atoms with E-state index in [2.05, 4.69) is 5.32 Å². The molecule has 4 aromatic rings. The third-order valence-electron chi connectivity index (χ3n) is 5.62. The van der Waals surface area contributed by atoms with Crippen LogP contribution in [0.15, 0.2) is 72.8 Å². The Morgan fingerprint density at radius 3 is 2.58 bits per heavy atom. The van der Waals surface area contributed by atoms with Crippen molar-refractivity contribution in [2.75, 3.05) is 6.61 Å². The van der Waals surface area contributed by atoms with Crippen molar-refractivity contribution < 1.29 is 14.6 Å². The van der Waals surface area contributed by atoms with Gasteiger partial charge in [-0.3, -0.25) is 4.79 Å². The molecule has 3 aromatic carbocycles. The Morgan fingerprint density at radius 2 is 1.79 bits per heavy atom. The molecule has 1 amide bonds. The molecule has 2 N–H and O–H groups in total. The van der Waals surface area contributed by atoms with Gasteiger partial charge in [-0.05, 0) is 62.2 Å². The van der Waals surface area contributed by atoms with E-state index in [0.717, 1.165) is 27.9 Å². The topological polar surface area (TPSA) is 76.4 Å². The number of hydrogen-bond donors (Lipinski definition) is 2. The molecule has 0 aliphatic heterocycles. The Morgan fingerprint density at radius 1 is 1.06 bits per heavy atom. The number of carbonyl (C=O) groups is 1. The Hall–Kier alpha value is -3.64. The van der Waals surface area contributed by atoms with Gasteiger partial charge in [0, 0.05) is 5.56 Å². The summed E-state index contributed by atoms with van der Waals surface area (Å²) in [6.45, 7) is 6.35. The van der Waals surface area contributed by atoms with Gasteiger partial charge in [-0.15, -0.1) is 0 Å². The Labute approximate surface area is 193 Å². The fourth-order valence-electron chi connectivity index (χ4n) is 3.86. The van der Waals surface area contributed by atoms with Crippen molar-refractivity contribution in [3.63, 3.8) is 0 Å². The molecule has 2 atom stereocenters. The largest absolute Gasteiger partial charge is 0.491 e. The van der Waals surface area contributed by atoms with E-state index in [1.807, 2.05) is 86.0 Å². The van der Waals surface area contributed by atoms with Crippen LogP contribution in [-0.2, 0) is 6.54 Å². The van der Waals surface area contributed by atoms with E-state index in [-0.39, 0.29) is 18.6 Å². The molecule has 170 valence electrons. The summed E-state index contributed by atoms with van der Waals surface area (Å²) < 4.78 is 7.87. The number of aromatic nitrogens is 2. The number of fused-ring (bicyclic) bond motifs is 1. The molecular formula is C27H29N3O3. The van der Waals surface area contributed by atoms with Gasteiger partial charge >= 0.3 is 0 Å². The van der Waals surface area contributed by atoms with Crippen molar-refractivity contribution in [2.24, 2.45) is 0 Å². The molecule has 1 heterocycles. The smallest absolute Gasteiger partial charge is 0.251 e. The van der Waals surface area contributed by atoms with Crippen LogP contribution in [0.1, 0.15) is 40.3 Å². The number of imidazole rings is 1. The number of carbonyl (C=O) groups excluding carboxylic acids is 1. The summed E-state index contributed by atoms with van der Waals surface area (Å²) in [7, 11) is 0. The highest BCUT2D eigenvalue weighted by Gasteiger charge is 2.21. The molecule has 0 spiro atoms. The van der Waals surface area contributed by atoms with Gasteiger partial charge in [0.2, 0.25) is 0 Å². The van der Waals surface area contributed by atoms with Gasteiger partial charge in [0.25, 0.3) is 5.91 Å². The van der Waals surface area contributed by atoms with Crippen LogP contribution in [0, 0.1) is 13.8 Å². The highest BCUT2D eigenvalue weighted by Crippen LogP contribution is 2.23. The molecule has 0 aliphatic carbocycles. The summed E-state index contributed by atoms with van der Waals surface area (Å²) in [6, 6.07) is 22.5. The van der Waals surface area contributed by atoms with E-state index in [1.54, 1.807) is 12.1 Å². The van der Waals surface area contributed by atoms with Crippen LogP contribution in [0.25, 0.3) is 11.0 Å². The van der Waals surface area contributed by atoms with E-state index in [1.165, 1.54) is 0 Å². The molecule has 0 fully saturated rings. The van der Waals surface area contributed by atoms with Crippen molar-refractivity contribution in [3.05, 3.63) is 95.3 Å². The Balaban J connectivity index is 1.53. The van der Waals surface area contributed by atoms with E-state index in [0.29, 0.717) is 17.9 Å². The number of ether oxygens (including phenoxy) is 1. The Bertz CT molecular complexity index is 1250. The number of rotatable bonds is 8. The fourth-order valence-corrected chi connectivity index (χ4v) is 3.86. The lowest BCUT2D eigenvalue weighted by Gasteiger charge is -2.19. The van der Waals surface area contributed by atoms with Crippen molar-refractivity contribution in [2.45, 2.75) is 39.5 Å². The number of nitrogens with zero attached hydrogens (tertiary/aromatic N) is 2. The molecule has 0 bridgehead atoms. The standard InChI is InChI=1S/C27H29N3O3/c1-18-13-14-19(2)25(15-18)33-17-22(31)16-30-24-12-8-7-11-23(24)29-26(30)20(3)28-27(32)21-9-5-4-6-10-21/h4-15,20,22,31H,16-17H2,1-3H3,(H,28,32). The first-order valence-corrected chi connectivity index (χ1v) is 11.1. The van der Waals surface area contributed by atoms with Crippen LogP contribution in [0.5, 0.6) is 5.75 Å². The van der Waals surface area contributed by atoms with Gasteiger partial charge in [-0.25, -0.2) is 4.98 Å². The molecule has 2 unspecified atom stereocenters. The molecule has 0 aliphatic rings. The van der Waals surface area contributed by atoms with Crippen molar-refractivity contribution >= 4 is 16.9 Å². The Kier molecular flexibility index (Phi) is 6.75. The summed E-state index contributed by atoms with van der Waals surface area (Å²) in [5.74, 6) is 1.29. The van der Waals surface area contributed by atoms with E-state index >= 15 is 0 Å². The first-order chi connectivity index (χ1) is 15.9. The highest BCUT2D eigenvalue weighted by atomic mass is 16.5. The number of hydrogen-bond acceptors (Lipinski definition) is 4. The zero-order valence-corrected chi connectivity index (χ0v) is 19.2. The summed E-state index contributed by atoms with van der Waals surface area (Å²) in [5.41, 5.74) is 4.44. The van der Waals surface area contributed by atoms with Crippen LogP contribution < -0.4 is 10.1 Å². The summed E-state index contributed by atoms with van der Waals surface area (Å²) >= 11 is 0. The number of amides is 1. The maximum absolute atomic E-state index is 12.7. The quantitative estimate of drug-likeness (QED) is 0.418. The molecule has 33 heavy (non-hydrogen) atoms. The summed E-state index contributed by atoms with van der Waals surface area (Å²) in [6.07, 6.45) is -0.752. The molecule has 4 rings (SSSR count). The maximum atomic E-state index is 12.7. The molecule has 0 radical (unpaired) electrons. The van der Waals surface area contributed by atoms with Crippen molar-refractivity contribution in [1.82, 2.24) is 14.9 Å². The number of aliphatic hydroxyl groups is 1. The summed E-state index contributed by atoms with van der Waals surface area (Å²) in [5, 5.41) is 13.8. The average molecular weight is 444 g/mol. The number of para-hydroxylation sites is 2. The van der Waals surface area contributed by atoms with Crippen LogP contribution in [-0.4, -0.2) is 33.3 Å². The second-order valence-corrected chi connectivity index (χ2v) is 8.36. The highest BCUT2D eigenvalue weighted by molar-refractivity contribution is 5.94. The van der Waals surface area contributed by atoms with Crippen molar-refractivity contribution in [1.29, 1.82) is 0 Å². The third kappa shape index (κ3) is 5.23. The third-order valence-corrected chi connectivity index (χ3v) is 5.62.